The van der Waals surface area contributed by atoms with E-state index in [1.807, 2.05) is 41.3 Å². The molecule has 1 fully saturated rings. The number of pyridine rings is 1. The Morgan fingerprint density at radius 3 is 2.89 bits per heavy atom. The highest BCUT2D eigenvalue weighted by atomic mass is 32.1. The van der Waals surface area contributed by atoms with Crippen molar-refractivity contribution in [3.63, 3.8) is 0 Å². The first-order valence-electron chi connectivity index (χ1n) is 8.82. The maximum Gasteiger partial charge on any atom is 0.324 e. The summed E-state index contributed by atoms with van der Waals surface area (Å²) in [6, 6.07) is 11.2. The molecule has 136 valence electrons. The van der Waals surface area contributed by atoms with E-state index in [0.29, 0.717) is 17.1 Å². The first-order valence-corrected chi connectivity index (χ1v) is 9.64. The van der Waals surface area contributed by atoms with E-state index >= 15 is 0 Å². The summed E-state index contributed by atoms with van der Waals surface area (Å²) >= 11 is 1.34. The van der Waals surface area contributed by atoms with Gasteiger partial charge in [-0.25, -0.2) is 9.78 Å². The van der Waals surface area contributed by atoms with Gasteiger partial charge in [0.2, 0.25) is 11.1 Å². The van der Waals surface area contributed by atoms with Crippen LogP contribution in [0.1, 0.15) is 30.0 Å². The third-order valence-electron chi connectivity index (χ3n) is 5.23. The van der Waals surface area contributed by atoms with Gasteiger partial charge in [-0.1, -0.05) is 41.7 Å². The van der Waals surface area contributed by atoms with E-state index in [1.165, 1.54) is 17.5 Å². The third-order valence-corrected chi connectivity index (χ3v) is 6.12. The summed E-state index contributed by atoms with van der Waals surface area (Å²) in [5.74, 6) is -0.416. The van der Waals surface area contributed by atoms with Crippen LogP contribution in [0.5, 0.6) is 0 Å². The van der Waals surface area contributed by atoms with Gasteiger partial charge in [0.05, 0.1) is 6.04 Å². The van der Waals surface area contributed by atoms with E-state index in [0.717, 1.165) is 29.0 Å². The smallest absolute Gasteiger partial charge is 0.314 e. The van der Waals surface area contributed by atoms with Crippen molar-refractivity contribution in [3.8, 4) is 10.6 Å². The predicted octanol–water partition coefficient (Wildman–Crippen LogP) is 4.03. The fourth-order valence-electron chi connectivity index (χ4n) is 4.05. The number of carbonyl (C=O) groups excluding carboxylic acids is 1. The van der Waals surface area contributed by atoms with Crippen LogP contribution in [0, 0.1) is 5.95 Å². The van der Waals surface area contributed by atoms with Crippen molar-refractivity contribution >= 4 is 22.5 Å². The number of halogens is 1. The number of nitrogens with one attached hydrogen (secondary N) is 1. The molecule has 3 aromatic rings. The summed E-state index contributed by atoms with van der Waals surface area (Å²) in [5.41, 5.74) is 2.48. The zero-order valence-electron chi connectivity index (χ0n) is 14.3. The molecule has 0 radical (unpaired) electrons. The zero-order chi connectivity index (χ0) is 18.4. The molecule has 2 atom stereocenters. The van der Waals surface area contributed by atoms with Crippen molar-refractivity contribution in [2.75, 3.05) is 5.32 Å². The lowest BCUT2D eigenvalue weighted by atomic mass is 9.95. The topological polar surface area (TPSA) is 71.0 Å². The Morgan fingerprint density at radius 2 is 2.04 bits per heavy atom. The highest BCUT2D eigenvalue weighted by Gasteiger charge is 2.43. The number of aromatic nitrogens is 3. The SMILES string of the molecule is O=C(Nc1nnc(-c2ccccc2)s1)N1[C@@H]2CC[C@H]1c1ccnc(F)c1C2. The molecule has 0 saturated carbocycles. The molecule has 6 nitrogen and oxygen atoms in total. The number of hydrogen-bond donors (Lipinski definition) is 1. The van der Waals surface area contributed by atoms with Crippen molar-refractivity contribution in [2.45, 2.75) is 31.3 Å². The molecular weight excluding hydrogens is 365 g/mol. The van der Waals surface area contributed by atoms with Gasteiger partial charge in [-0.05, 0) is 30.9 Å². The molecule has 5 rings (SSSR count). The highest BCUT2D eigenvalue weighted by molar-refractivity contribution is 7.18. The first-order chi connectivity index (χ1) is 13.2. The van der Waals surface area contributed by atoms with Gasteiger partial charge >= 0.3 is 6.03 Å². The normalized spacial score (nSPS) is 20.4. The van der Waals surface area contributed by atoms with Gasteiger partial charge in [0, 0.05) is 23.4 Å². The Kier molecular flexibility index (Phi) is 3.86. The molecule has 0 spiro atoms. The minimum atomic E-state index is -0.416. The first kappa shape index (κ1) is 16.3. The third kappa shape index (κ3) is 2.76. The lowest BCUT2D eigenvalue weighted by Crippen LogP contribution is -2.44. The second-order valence-corrected chi connectivity index (χ2v) is 7.71. The van der Waals surface area contributed by atoms with Crippen molar-refractivity contribution in [1.82, 2.24) is 20.1 Å². The molecule has 1 saturated heterocycles. The number of anilines is 1. The van der Waals surface area contributed by atoms with E-state index in [2.05, 4.69) is 20.5 Å². The molecule has 8 heteroatoms. The highest BCUT2D eigenvalue weighted by Crippen LogP contribution is 2.44. The van der Waals surface area contributed by atoms with Crippen LogP contribution in [-0.4, -0.2) is 32.2 Å². The minimum absolute atomic E-state index is 0.0114. The number of amides is 2. The molecule has 0 unspecified atom stereocenters. The molecule has 2 aliphatic rings. The van der Waals surface area contributed by atoms with Crippen LogP contribution in [0.4, 0.5) is 14.3 Å². The molecule has 1 aromatic carbocycles. The van der Waals surface area contributed by atoms with Gasteiger partial charge in [-0.3, -0.25) is 5.32 Å². The minimum Gasteiger partial charge on any atom is -0.314 e. The second kappa shape index (κ2) is 6.38. The van der Waals surface area contributed by atoms with Crippen LogP contribution in [-0.2, 0) is 6.42 Å². The molecule has 0 aliphatic carbocycles. The number of urea groups is 1. The molecule has 4 heterocycles. The second-order valence-electron chi connectivity index (χ2n) is 6.74. The van der Waals surface area contributed by atoms with E-state index in [9.17, 15) is 9.18 Å². The molecule has 2 aromatic heterocycles. The fraction of sp³-hybridized carbons (Fsp3) is 0.263. The molecule has 27 heavy (non-hydrogen) atoms. The number of benzene rings is 1. The Balaban J connectivity index is 1.37. The van der Waals surface area contributed by atoms with Crippen LogP contribution in [0.2, 0.25) is 0 Å². The molecule has 2 amide bonds. The number of nitrogens with zero attached hydrogens (tertiary/aromatic N) is 4. The average molecular weight is 381 g/mol. The molecule has 2 bridgehead atoms. The lowest BCUT2D eigenvalue weighted by Gasteiger charge is -2.35. The van der Waals surface area contributed by atoms with Crippen molar-refractivity contribution in [1.29, 1.82) is 0 Å². The van der Waals surface area contributed by atoms with Gasteiger partial charge in [0.25, 0.3) is 0 Å². The molecular formula is C19H16FN5OS. The lowest BCUT2D eigenvalue weighted by molar-refractivity contribution is 0.178. The summed E-state index contributed by atoms with van der Waals surface area (Å²) in [7, 11) is 0. The van der Waals surface area contributed by atoms with Gasteiger partial charge in [-0.2, -0.15) is 4.39 Å². The van der Waals surface area contributed by atoms with Gasteiger partial charge in [-0.15, -0.1) is 10.2 Å². The van der Waals surface area contributed by atoms with E-state index in [4.69, 9.17) is 0 Å². The molecule has 1 N–H and O–H groups in total. The number of hydrogen-bond acceptors (Lipinski definition) is 5. The maximum absolute atomic E-state index is 14.0. The van der Waals surface area contributed by atoms with Gasteiger partial charge in [0.15, 0.2) is 0 Å². The Bertz CT molecular complexity index is 1010. The average Bonchev–Trinajstić information content (AvgIpc) is 3.27. The fourth-order valence-corrected chi connectivity index (χ4v) is 4.79. The number of carbonyl (C=O) groups is 1. The number of rotatable bonds is 2. The van der Waals surface area contributed by atoms with Crippen molar-refractivity contribution in [3.05, 3.63) is 59.7 Å². The predicted molar refractivity (Wildman–Crippen MR) is 99.9 cm³/mol. The Labute approximate surface area is 159 Å². The van der Waals surface area contributed by atoms with E-state index < -0.39 is 5.95 Å². The van der Waals surface area contributed by atoms with Crippen LogP contribution >= 0.6 is 11.3 Å². The maximum atomic E-state index is 14.0. The zero-order valence-corrected chi connectivity index (χ0v) is 15.1. The largest absolute Gasteiger partial charge is 0.324 e. The molecule has 2 aliphatic heterocycles. The summed E-state index contributed by atoms with van der Waals surface area (Å²) < 4.78 is 14.0. The van der Waals surface area contributed by atoms with Crippen LogP contribution < -0.4 is 5.32 Å². The quantitative estimate of drug-likeness (QED) is 0.680. The van der Waals surface area contributed by atoms with E-state index in [-0.39, 0.29) is 18.1 Å². The summed E-state index contributed by atoms with van der Waals surface area (Å²) in [5, 5.41) is 12.3. The van der Waals surface area contributed by atoms with Crippen LogP contribution in [0.25, 0.3) is 10.6 Å². The van der Waals surface area contributed by atoms with Gasteiger partial charge in [0.1, 0.15) is 5.01 Å². The Morgan fingerprint density at radius 1 is 1.19 bits per heavy atom. The van der Waals surface area contributed by atoms with Crippen LogP contribution in [0.15, 0.2) is 42.6 Å². The monoisotopic (exact) mass is 381 g/mol. The van der Waals surface area contributed by atoms with Crippen molar-refractivity contribution in [2.24, 2.45) is 0 Å². The number of fused-ring (bicyclic) bond motifs is 4. The van der Waals surface area contributed by atoms with Crippen LogP contribution in [0.3, 0.4) is 0 Å². The van der Waals surface area contributed by atoms with Crippen molar-refractivity contribution < 1.29 is 9.18 Å². The summed E-state index contributed by atoms with van der Waals surface area (Å²) in [6.45, 7) is 0. The standard InChI is InChI=1S/C19H16FN5OS/c20-16-14-10-12-6-7-15(13(14)8-9-21-16)25(12)19(26)22-18-24-23-17(27-18)11-4-2-1-3-5-11/h1-5,8-9,12,15H,6-7,10H2,(H,22,24,26)/t12-,15+/m1/s1. The van der Waals surface area contributed by atoms with E-state index in [1.54, 1.807) is 0 Å². The Hall–Kier alpha value is -2.87. The summed E-state index contributed by atoms with van der Waals surface area (Å²) in [6.07, 6.45) is 3.67. The van der Waals surface area contributed by atoms with Gasteiger partial charge < -0.3 is 4.90 Å². The summed E-state index contributed by atoms with van der Waals surface area (Å²) in [4.78, 5) is 18.5.